The molecule has 1 fully saturated rings. The Bertz CT molecular complexity index is 1020. The lowest BCUT2D eigenvalue weighted by atomic mass is 9.74. The number of aliphatic carboxylic acids is 1. The first kappa shape index (κ1) is 20.7. The number of fused-ring (bicyclic) bond motifs is 3. The largest absolute Gasteiger partial charge is 0.492 e. The lowest BCUT2D eigenvalue weighted by molar-refractivity contribution is -0.137. The predicted octanol–water partition coefficient (Wildman–Crippen LogP) is 4.55. The lowest BCUT2D eigenvalue weighted by Gasteiger charge is -2.38. The second-order valence-electron chi connectivity index (χ2n) is 8.55. The second-order valence-corrected chi connectivity index (χ2v) is 9.39. The van der Waals surface area contributed by atoms with Gasteiger partial charge in [0, 0.05) is 28.6 Å². The van der Waals surface area contributed by atoms with Crippen LogP contribution in [0, 0.1) is 0 Å². The van der Waals surface area contributed by atoms with E-state index in [2.05, 4.69) is 11.0 Å². The van der Waals surface area contributed by atoms with Crippen LogP contribution < -0.4 is 14.6 Å². The summed E-state index contributed by atoms with van der Waals surface area (Å²) < 4.78 is 6.08. The SMILES string of the molecule is O=C(O)CCN1CCC2(CC1)COc1cc(ON3CCc4cc(Cl)cc(Cl)c43)ccc12. The molecule has 0 saturated carbocycles. The van der Waals surface area contributed by atoms with Crippen molar-refractivity contribution < 1.29 is 19.5 Å². The zero-order chi connectivity index (χ0) is 21.6. The van der Waals surface area contributed by atoms with Crippen LogP contribution in [0.1, 0.15) is 30.4 Å². The van der Waals surface area contributed by atoms with Gasteiger partial charge in [0.1, 0.15) is 5.75 Å². The number of carboxylic acids is 1. The van der Waals surface area contributed by atoms with Gasteiger partial charge in [-0.15, -0.1) is 0 Å². The van der Waals surface area contributed by atoms with E-state index in [1.165, 1.54) is 5.56 Å². The minimum Gasteiger partial charge on any atom is -0.492 e. The van der Waals surface area contributed by atoms with E-state index in [0.717, 1.165) is 49.4 Å². The third-order valence-electron chi connectivity index (χ3n) is 6.64. The van der Waals surface area contributed by atoms with Gasteiger partial charge in [0.15, 0.2) is 5.75 Å². The molecule has 0 amide bonds. The third-order valence-corrected chi connectivity index (χ3v) is 7.15. The fourth-order valence-corrected chi connectivity index (χ4v) is 5.55. The van der Waals surface area contributed by atoms with Crippen molar-refractivity contribution in [3.63, 3.8) is 0 Å². The standard InChI is InChI=1S/C23H24Cl2N2O4/c24-16-11-15-3-8-27(22(15)19(25)12-16)31-17-1-2-18-20(13-17)30-14-23(18)5-9-26(10-6-23)7-4-21(28)29/h1-2,11-13H,3-10,14H2,(H,28,29). The normalized spacial score (nSPS) is 19.2. The summed E-state index contributed by atoms with van der Waals surface area (Å²) in [6.45, 7) is 3.76. The van der Waals surface area contributed by atoms with Crippen molar-refractivity contribution in [2.45, 2.75) is 31.1 Å². The fraction of sp³-hybridized carbons (Fsp3) is 0.435. The fourth-order valence-electron chi connectivity index (χ4n) is 4.92. The summed E-state index contributed by atoms with van der Waals surface area (Å²) in [5.41, 5.74) is 3.19. The van der Waals surface area contributed by atoms with E-state index in [1.54, 1.807) is 6.07 Å². The van der Waals surface area contributed by atoms with Gasteiger partial charge >= 0.3 is 5.97 Å². The molecule has 6 nitrogen and oxygen atoms in total. The Morgan fingerprint density at radius 3 is 2.74 bits per heavy atom. The molecule has 1 saturated heterocycles. The smallest absolute Gasteiger partial charge is 0.304 e. The molecule has 3 heterocycles. The Morgan fingerprint density at radius 2 is 1.97 bits per heavy atom. The maximum atomic E-state index is 10.8. The maximum absolute atomic E-state index is 10.8. The van der Waals surface area contributed by atoms with Gasteiger partial charge in [-0.2, -0.15) is 0 Å². The molecule has 0 aliphatic carbocycles. The van der Waals surface area contributed by atoms with Crippen LogP contribution in [0.15, 0.2) is 30.3 Å². The van der Waals surface area contributed by atoms with Crippen LogP contribution in [0.2, 0.25) is 10.0 Å². The van der Waals surface area contributed by atoms with Crippen LogP contribution in [0.5, 0.6) is 11.5 Å². The first-order chi connectivity index (χ1) is 14.9. The number of likely N-dealkylation sites (tertiary alicyclic amines) is 1. The summed E-state index contributed by atoms with van der Waals surface area (Å²) in [6, 6.07) is 9.74. The molecule has 0 aromatic heterocycles. The Labute approximate surface area is 191 Å². The molecule has 3 aliphatic heterocycles. The number of hydrogen-bond acceptors (Lipinski definition) is 5. The molecule has 5 rings (SSSR count). The quantitative estimate of drug-likeness (QED) is 0.702. The molecule has 3 aliphatic rings. The van der Waals surface area contributed by atoms with Crippen LogP contribution >= 0.6 is 23.2 Å². The van der Waals surface area contributed by atoms with Gasteiger partial charge in [-0.25, -0.2) is 5.06 Å². The van der Waals surface area contributed by atoms with Crippen molar-refractivity contribution in [3.05, 3.63) is 51.5 Å². The van der Waals surface area contributed by atoms with Gasteiger partial charge in [0.2, 0.25) is 0 Å². The number of carbonyl (C=O) groups is 1. The highest BCUT2D eigenvalue weighted by Gasteiger charge is 2.43. The minimum absolute atomic E-state index is 0.00783. The van der Waals surface area contributed by atoms with Crippen LogP contribution in [-0.4, -0.2) is 48.8 Å². The Hall–Kier alpha value is -2.15. The summed E-state index contributed by atoms with van der Waals surface area (Å²) in [4.78, 5) is 19.2. The minimum atomic E-state index is -0.743. The van der Waals surface area contributed by atoms with Crippen LogP contribution in [-0.2, 0) is 16.6 Å². The van der Waals surface area contributed by atoms with Crippen molar-refractivity contribution in [2.75, 3.05) is 37.8 Å². The lowest BCUT2D eigenvalue weighted by Crippen LogP contribution is -2.44. The topological polar surface area (TPSA) is 62.2 Å². The highest BCUT2D eigenvalue weighted by molar-refractivity contribution is 6.36. The molecule has 0 atom stereocenters. The van der Waals surface area contributed by atoms with E-state index in [-0.39, 0.29) is 11.8 Å². The van der Waals surface area contributed by atoms with Gasteiger partial charge in [0.25, 0.3) is 0 Å². The zero-order valence-electron chi connectivity index (χ0n) is 17.1. The predicted molar refractivity (Wildman–Crippen MR) is 120 cm³/mol. The molecule has 1 N–H and O–H groups in total. The summed E-state index contributed by atoms with van der Waals surface area (Å²) >= 11 is 12.5. The average Bonchev–Trinajstić information content (AvgIpc) is 3.29. The van der Waals surface area contributed by atoms with Crippen molar-refractivity contribution in [2.24, 2.45) is 0 Å². The van der Waals surface area contributed by atoms with Crippen molar-refractivity contribution in [3.8, 4) is 11.5 Å². The monoisotopic (exact) mass is 462 g/mol. The van der Waals surface area contributed by atoms with E-state index in [0.29, 0.717) is 35.5 Å². The van der Waals surface area contributed by atoms with Crippen LogP contribution in [0.25, 0.3) is 0 Å². The first-order valence-corrected chi connectivity index (χ1v) is 11.3. The van der Waals surface area contributed by atoms with Crippen molar-refractivity contribution in [1.29, 1.82) is 0 Å². The number of hydroxylamine groups is 1. The molecule has 31 heavy (non-hydrogen) atoms. The molecule has 0 unspecified atom stereocenters. The van der Waals surface area contributed by atoms with E-state index in [9.17, 15) is 4.79 Å². The van der Waals surface area contributed by atoms with E-state index in [1.807, 2.05) is 23.3 Å². The number of rotatable bonds is 5. The van der Waals surface area contributed by atoms with E-state index < -0.39 is 5.97 Å². The number of nitrogens with zero attached hydrogens (tertiary/aromatic N) is 2. The molecule has 2 aromatic carbocycles. The second kappa shape index (κ2) is 8.08. The number of piperidine rings is 1. The van der Waals surface area contributed by atoms with Crippen LogP contribution in [0.4, 0.5) is 5.69 Å². The van der Waals surface area contributed by atoms with E-state index in [4.69, 9.17) is 37.9 Å². The summed E-state index contributed by atoms with van der Waals surface area (Å²) in [5.74, 6) is 0.846. The summed E-state index contributed by atoms with van der Waals surface area (Å²) in [5, 5.41) is 12.0. The molecular formula is C23H24Cl2N2O4. The van der Waals surface area contributed by atoms with Gasteiger partial charge in [-0.3, -0.25) is 4.79 Å². The number of halogens is 2. The Balaban J connectivity index is 1.29. The van der Waals surface area contributed by atoms with Gasteiger partial charge in [-0.1, -0.05) is 29.3 Å². The highest BCUT2D eigenvalue weighted by atomic mass is 35.5. The molecular weight excluding hydrogens is 439 g/mol. The third kappa shape index (κ3) is 3.93. The zero-order valence-corrected chi connectivity index (χ0v) is 18.6. The number of ether oxygens (including phenoxy) is 1. The van der Waals surface area contributed by atoms with Gasteiger partial charge < -0.3 is 19.6 Å². The number of carboxylic acid groups (broad SMARTS) is 1. The van der Waals surface area contributed by atoms with Crippen molar-refractivity contribution in [1.82, 2.24) is 4.90 Å². The Morgan fingerprint density at radius 1 is 1.16 bits per heavy atom. The first-order valence-electron chi connectivity index (χ1n) is 10.6. The number of hydrogen-bond donors (Lipinski definition) is 1. The molecule has 0 radical (unpaired) electrons. The highest BCUT2D eigenvalue weighted by Crippen LogP contribution is 2.47. The van der Waals surface area contributed by atoms with Crippen molar-refractivity contribution >= 4 is 34.9 Å². The maximum Gasteiger partial charge on any atom is 0.304 e. The van der Waals surface area contributed by atoms with Crippen LogP contribution in [0.3, 0.4) is 0 Å². The number of benzene rings is 2. The Kier molecular flexibility index (Phi) is 5.40. The van der Waals surface area contributed by atoms with Gasteiger partial charge in [-0.05, 0) is 56.1 Å². The van der Waals surface area contributed by atoms with E-state index >= 15 is 0 Å². The summed E-state index contributed by atoms with van der Waals surface area (Å²) in [7, 11) is 0. The van der Waals surface area contributed by atoms with Gasteiger partial charge in [0.05, 0.1) is 30.3 Å². The molecule has 8 heteroatoms. The number of anilines is 1. The summed E-state index contributed by atoms with van der Waals surface area (Å²) in [6.07, 6.45) is 2.96. The molecule has 2 aromatic rings. The molecule has 0 bridgehead atoms. The molecule has 1 spiro atoms. The molecule has 164 valence electrons. The average molecular weight is 463 g/mol.